The molecule has 1 rings (SSSR count). The van der Waals surface area contributed by atoms with E-state index in [-0.39, 0.29) is 17.2 Å². The summed E-state index contributed by atoms with van der Waals surface area (Å²) in [5.41, 5.74) is 0.155. The van der Waals surface area contributed by atoms with Crippen LogP contribution in [0.1, 0.15) is 18.6 Å². The van der Waals surface area contributed by atoms with Crippen molar-refractivity contribution in [2.24, 2.45) is 0 Å². The minimum absolute atomic E-state index is 0.113. The highest BCUT2D eigenvalue weighted by Crippen LogP contribution is 2.33. The van der Waals surface area contributed by atoms with Crippen molar-refractivity contribution in [1.82, 2.24) is 0 Å². The number of methoxy groups -OCH3 is 1. The third kappa shape index (κ3) is 3.13. The van der Waals surface area contributed by atoms with Crippen LogP contribution < -0.4 is 4.74 Å². The van der Waals surface area contributed by atoms with Crippen LogP contribution in [0.2, 0.25) is 5.02 Å². The van der Waals surface area contributed by atoms with Gasteiger partial charge in [-0.15, -0.1) is 0 Å². The molecule has 0 radical (unpaired) electrons. The molecule has 2 unspecified atom stereocenters. The Morgan fingerprint density at radius 3 is 2.67 bits per heavy atom. The van der Waals surface area contributed by atoms with Crippen molar-refractivity contribution in [1.29, 1.82) is 0 Å². The van der Waals surface area contributed by atoms with Crippen LogP contribution in [0, 0.1) is 0 Å². The van der Waals surface area contributed by atoms with E-state index in [0.29, 0.717) is 5.75 Å². The second-order valence-electron chi connectivity index (χ2n) is 3.50. The summed E-state index contributed by atoms with van der Waals surface area (Å²) < 4.78 is 9.66. The average molecular weight is 275 g/mol. The Bertz CT molecular complexity index is 421. The third-order valence-corrected chi connectivity index (χ3v) is 2.69. The fraction of sp³-hybridized carbons (Fsp3) is 0.417. The highest BCUT2D eigenvalue weighted by molar-refractivity contribution is 6.31. The zero-order valence-electron chi connectivity index (χ0n) is 10.1. The van der Waals surface area contributed by atoms with E-state index in [1.165, 1.54) is 13.2 Å². The van der Waals surface area contributed by atoms with Gasteiger partial charge in [0.25, 0.3) is 0 Å². The van der Waals surface area contributed by atoms with Crippen molar-refractivity contribution in [2.45, 2.75) is 19.1 Å². The van der Waals surface area contributed by atoms with Crippen LogP contribution in [0.15, 0.2) is 18.2 Å². The number of hydrogen-bond acceptors (Lipinski definition) is 5. The Kier molecular flexibility index (Phi) is 5.40. The van der Waals surface area contributed by atoms with Crippen molar-refractivity contribution in [3.05, 3.63) is 28.8 Å². The summed E-state index contributed by atoms with van der Waals surface area (Å²) in [6.45, 7) is 1.72. The van der Waals surface area contributed by atoms with Gasteiger partial charge in [-0.25, -0.2) is 4.79 Å². The molecule has 100 valence electrons. The number of halogens is 1. The predicted octanol–water partition coefficient (Wildman–Crippen LogP) is 1.31. The zero-order valence-corrected chi connectivity index (χ0v) is 10.8. The molecule has 18 heavy (non-hydrogen) atoms. The molecule has 2 atom stereocenters. The van der Waals surface area contributed by atoms with E-state index in [2.05, 4.69) is 4.74 Å². The van der Waals surface area contributed by atoms with Crippen LogP contribution in [-0.4, -0.2) is 36.0 Å². The summed E-state index contributed by atoms with van der Waals surface area (Å²) in [6, 6.07) is 4.73. The van der Waals surface area contributed by atoms with E-state index in [1.54, 1.807) is 19.1 Å². The molecule has 1 aromatic carbocycles. The van der Waals surface area contributed by atoms with Gasteiger partial charge in [0.15, 0.2) is 6.10 Å². The molecule has 5 nitrogen and oxygen atoms in total. The second-order valence-corrected chi connectivity index (χ2v) is 3.90. The minimum Gasteiger partial charge on any atom is -0.496 e. The first-order valence-corrected chi connectivity index (χ1v) is 5.75. The van der Waals surface area contributed by atoms with Gasteiger partial charge in [0.05, 0.1) is 18.7 Å². The molecule has 0 aliphatic carbocycles. The van der Waals surface area contributed by atoms with E-state index >= 15 is 0 Å². The van der Waals surface area contributed by atoms with Gasteiger partial charge >= 0.3 is 5.97 Å². The molecular formula is C12H15ClO5. The highest BCUT2D eigenvalue weighted by atomic mass is 35.5. The van der Waals surface area contributed by atoms with Gasteiger partial charge in [0.2, 0.25) is 0 Å². The second kappa shape index (κ2) is 6.58. The molecule has 0 saturated heterocycles. The van der Waals surface area contributed by atoms with Crippen molar-refractivity contribution < 1.29 is 24.5 Å². The molecular weight excluding hydrogens is 260 g/mol. The van der Waals surface area contributed by atoms with Gasteiger partial charge in [-0.3, -0.25) is 0 Å². The number of esters is 1. The first-order chi connectivity index (χ1) is 8.52. The first-order valence-electron chi connectivity index (χ1n) is 5.38. The lowest BCUT2D eigenvalue weighted by atomic mass is 10.0. The predicted molar refractivity (Wildman–Crippen MR) is 65.6 cm³/mol. The zero-order chi connectivity index (χ0) is 13.7. The van der Waals surface area contributed by atoms with E-state index in [4.69, 9.17) is 16.3 Å². The van der Waals surface area contributed by atoms with Gasteiger partial charge in [-0.1, -0.05) is 17.7 Å². The maximum Gasteiger partial charge on any atom is 0.338 e. The van der Waals surface area contributed by atoms with Crippen molar-refractivity contribution in [3.8, 4) is 5.75 Å². The van der Waals surface area contributed by atoms with Crippen LogP contribution in [0.25, 0.3) is 0 Å². The summed E-state index contributed by atoms with van der Waals surface area (Å²) in [4.78, 5) is 11.4. The lowest BCUT2D eigenvalue weighted by Crippen LogP contribution is -2.30. The molecule has 0 saturated carbocycles. The number of benzene rings is 1. The summed E-state index contributed by atoms with van der Waals surface area (Å²) in [7, 11) is 1.40. The van der Waals surface area contributed by atoms with Crippen LogP contribution in [0.3, 0.4) is 0 Å². The number of hydrogen-bond donors (Lipinski definition) is 2. The Labute approximate surface area is 110 Å². The Morgan fingerprint density at radius 2 is 2.11 bits per heavy atom. The standard InChI is InChI=1S/C12H15ClO5/c1-3-18-12(16)11(15)10(14)9-7(13)5-4-6-8(9)17-2/h4-6,10-11,14-15H,3H2,1-2H3. The maximum absolute atomic E-state index is 11.4. The number of ether oxygens (including phenoxy) is 2. The number of rotatable bonds is 5. The van der Waals surface area contributed by atoms with Gasteiger partial charge in [-0.2, -0.15) is 0 Å². The summed E-state index contributed by atoms with van der Waals surface area (Å²) in [5, 5.41) is 19.8. The van der Waals surface area contributed by atoms with E-state index in [9.17, 15) is 15.0 Å². The Balaban J connectivity index is 3.02. The summed E-state index contributed by atoms with van der Waals surface area (Å²) in [5.74, 6) is -0.620. The van der Waals surface area contributed by atoms with Gasteiger partial charge in [0.1, 0.15) is 11.9 Å². The normalized spacial score (nSPS) is 13.8. The van der Waals surface area contributed by atoms with Gasteiger partial charge < -0.3 is 19.7 Å². The van der Waals surface area contributed by atoms with Crippen LogP contribution in [0.4, 0.5) is 0 Å². The molecule has 0 heterocycles. The molecule has 2 N–H and O–H groups in total. The van der Waals surface area contributed by atoms with Crippen LogP contribution in [-0.2, 0) is 9.53 Å². The molecule has 1 aromatic rings. The van der Waals surface area contributed by atoms with Crippen molar-refractivity contribution >= 4 is 17.6 Å². The monoisotopic (exact) mass is 274 g/mol. The van der Waals surface area contributed by atoms with E-state index < -0.39 is 18.2 Å². The Hall–Kier alpha value is -1.30. The number of carbonyl (C=O) groups is 1. The number of aliphatic hydroxyl groups excluding tert-OH is 2. The molecule has 0 spiro atoms. The largest absolute Gasteiger partial charge is 0.496 e. The molecule has 0 fully saturated rings. The SMILES string of the molecule is CCOC(=O)C(O)C(O)c1c(Cl)cccc1OC. The quantitative estimate of drug-likeness (QED) is 0.792. The van der Waals surface area contributed by atoms with Crippen LogP contribution >= 0.6 is 11.6 Å². The minimum atomic E-state index is -1.71. The fourth-order valence-corrected chi connectivity index (χ4v) is 1.77. The van der Waals surface area contributed by atoms with Gasteiger partial charge in [-0.05, 0) is 19.1 Å². The fourth-order valence-electron chi connectivity index (χ4n) is 1.50. The molecule has 6 heteroatoms. The van der Waals surface area contributed by atoms with Crippen LogP contribution in [0.5, 0.6) is 5.75 Å². The molecule has 0 amide bonds. The molecule has 0 aromatic heterocycles. The highest BCUT2D eigenvalue weighted by Gasteiger charge is 2.30. The number of aliphatic hydroxyl groups is 2. The van der Waals surface area contributed by atoms with E-state index in [0.717, 1.165) is 0 Å². The van der Waals surface area contributed by atoms with Crippen molar-refractivity contribution in [3.63, 3.8) is 0 Å². The van der Waals surface area contributed by atoms with Crippen molar-refractivity contribution in [2.75, 3.05) is 13.7 Å². The third-order valence-electron chi connectivity index (χ3n) is 2.36. The maximum atomic E-state index is 11.4. The molecule has 0 aliphatic heterocycles. The smallest absolute Gasteiger partial charge is 0.338 e. The lowest BCUT2D eigenvalue weighted by molar-refractivity contribution is -0.159. The summed E-state index contributed by atoms with van der Waals surface area (Å²) >= 11 is 5.93. The Morgan fingerprint density at radius 1 is 1.44 bits per heavy atom. The first kappa shape index (κ1) is 14.8. The molecule has 0 aliphatic rings. The van der Waals surface area contributed by atoms with Gasteiger partial charge in [0, 0.05) is 5.56 Å². The topological polar surface area (TPSA) is 76.0 Å². The molecule has 0 bridgehead atoms. The van der Waals surface area contributed by atoms with E-state index in [1.807, 2.05) is 0 Å². The number of carbonyl (C=O) groups excluding carboxylic acids is 1. The lowest BCUT2D eigenvalue weighted by Gasteiger charge is -2.19. The summed E-state index contributed by atoms with van der Waals surface area (Å²) in [6.07, 6.45) is -3.22. The average Bonchev–Trinajstić information content (AvgIpc) is 2.36.